The van der Waals surface area contributed by atoms with Gasteiger partial charge in [0, 0.05) is 18.1 Å². The molecule has 16 nitrogen and oxygen atoms in total. The maximum atomic E-state index is 15.4. The van der Waals surface area contributed by atoms with Crippen LogP contribution < -0.4 is 25.2 Å². The fourth-order valence-electron chi connectivity index (χ4n) is 8.04. The molecule has 4 aromatic carbocycles. The molecule has 1 N–H and O–H groups in total. The predicted octanol–water partition coefficient (Wildman–Crippen LogP) is 8.78. The van der Waals surface area contributed by atoms with Crippen molar-refractivity contribution in [2.45, 2.75) is 56.8 Å². The monoisotopic (exact) mass is 947 g/mol. The second kappa shape index (κ2) is 21.5. The zero-order valence-electron chi connectivity index (χ0n) is 38.0. The van der Waals surface area contributed by atoms with Crippen LogP contribution in [-0.4, -0.2) is 86.0 Å². The third-order valence-corrected chi connectivity index (χ3v) is 17.6. The first kappa shape index (κ1) is 48.6. The molecule has 2 unspecified atom stereocenters. The van der Waals surface area contributed by atoms with Gasteiger partial charge in [-0.15, -0.1) is 6.58 Å². The molecule has 6 aromatic rings. The summed E-state index contributed by atoms with van der Waals surface area (Å²) in [5.41, 5.74) is 1.12. The molecule has 0 bridgehead atoms. The van der Waals surface area contributed by atoms with E-state index in [-0.39, 0.29) is 48.7 Å². The first-order chi connectivity index (χ1) is 32.3. The summed E-state index contributed by atoms with van der Waals surface area (Å²) in [7, 11) is -5.00. The largest absolute Gasteiger partial charge is 0.497 e. The van der Waals surface area contributed by atoms with Crippen molar-refractivity contribution in [3.63, 3.8) is 0 Å². The number of aromatic nitrogens is 4. The summed E-state index contributed by atoms with van der Waals surface area (Å²) in [4.78, 5) is 40.3. The van der Waals surface area contributed by atoms with Crippen LogP contribution in [0.4, 0.5) is 10.6 Å². The zero-order chi connectivity index (χ0) is 47.6. The Morgan fingerprint density at radius 2 is 1.49 bits per heavy atom. The molecule has 0 spiro atoms. The molecule has 1 saturated heterocycles. The fourth-order valence-corrected chi connectivity index (χ4v) is 14.1. The van der Waals surface area contributed by atoms with Gasteiger partial charge in [-0.3, -0.25) is 28.2 Å². The number of Topliss-reactive ketones (excluding diaryl/α,β-unsaturated/α-hetero) is 1. The van der Waals surface area contributed by atoms with Crippen molar-refractivity contribution in [3.8, 4) is 11.5 Å². The van der Waals surface area contributed by atoms with E-state index in [0.717, 1.165) is 10.4 Å². The molecule has 1 aliphatic heterocycles. The normalized spacial score (nSPS) is 17.5. The van der Waals surface area contributed by atoms with Gasteiger partial charge >= 0.3 is 13.9 Å². The van der Waals surface area contributed by atoms with Crippen LogP contribution in [-0.2, 0) is 32.0 Å². The van der Waals surface area contributed by atoms with Gasteiger partial charge in [0.25, 0.3) is 8.32 Å². The van der Waals surface area contributed by atoms with Crippen LogP contribution >= 0.6 is 7.82 Å². The van der Waals surface area contributed by atoms with Crippen molar-refractivity contribution < 1.29 is 51.1 Å². The topological polar surface area (TPSA) is 181 Å². The SMILES string of the molecule is C=CCOC(=O)Nc1ncnc2c1ncn2[C@H]1C[C@H](OP(=O)(OCC=C)OC(C(=O)c2ccccc2)c2cc(OC)cc(OC)c2)[C@@H](CO[Si](c2ccccc2)(c2ccccc2)C(C)(C)C)O1. The minimum absolute atomic E-state index is 0.0118. The van der Waals surface area contributed by atoms with E-state index in [0.29, 0.717) is 17.1 Å². The van der Waals surface area contributed by atoms with E-state index < -0.39 is 57.6 Å². The molecule has 18 heteroatoms. The number of fused-ring (bicyclic) bond motifs is 1. The number of methoxy groups -OCH3 is 2. The number of carbonyl (C=O) groups excluding carboxylic acids is 2. The lowest BCUT2D eigenvalue weighted by Gasteiger charge is -2.43. The molecule has 1 fully saturated rings. The molecule has 350 valence electrons. The molecule has 2 aromatic heterocycles. The second-order valence-corrected chi connectivity index (χ2v) is 22.3. The Hall–Kier alpha value is -6.30. The Balaban J connectivity index is 1.30. The van der Waals surface area contributed by atoms with Gasteiger partial charge in [-0.2, -0.15) is 0 Å². The Kier molecular flexibility index (Phi) is 15.6. The summed E-state index contributed by atoms with van der Waals surface area (Å²) in [5.74, 6) is 0.302. The Bertz CT molecular complexity index is 2640. The molecule has 0 radical (unpaired) electrons. The Morgan fingerprint density at radius 3 is 2.07 bits per heavy atom. The highest BCUT2D eigenvalue weighted by Gasteiger charge is 2.52. The summed E-state index contributed by atoms with van der Waals surface area (Å²) in [6.07, 6.45) is 0.531. The smallest absolute Gasteiger partial charge is 0.476 e. The molecule has 67 heavy (non-hydrogen) atoms. The van der Waals surface area contributed by atoms with E-state index in [9.17, 15) is 9.59 Å². The van der Waals surface area contributed by atoms with Crippen LogP contribution in [0, 0.1) is 0 Å². The molecular formula is C49H54N5O11PSi. The average Bonchev–Trinajstić information content (AvgIpc) is 3.96. The van der Waals surface area contributed by atoms with E-state index >= 15 is 4.57 Å². The van der Waals surface area contributed by atoms with Crippen molar-refractivity contribution in [3.05, 3.63) is 158 Å². The van der Waals surface area contributed by atoms with Crippen LogP contribution in [0.1, 0.15) is 55.4 Å². The number of hydrogen-bond acceptors (Lipinski definition) is 14. The van der Waals surface area contributed by atoms with Gasteiger partial charge in [-0.25, -0.2) is 24.3 Å². The first-order valence-electron chi connectivity index (χ1n) is 21.5. The summed E-state index contributed by atoms with van der Waals surface area (Å²) < 4.78 is 66.4. The van der Waals surface area contributed by atoms with Crippen LogP contribution in [0.5, 0.6) is 11.5 Å². The maximum absolute atomic E-state index is 15.4. The van der Waals surface area contributed by atoms with Gasteiger partial charge in [-0.05, 0) is 33.1 Å². The van der Waals surface area contributed by atoms with Crippen molar-refractivity contribution in [1.82, 2.24) is 19.5 Å². The molecule has 1 aliphatic rings. The summed E-state index contributed by atoms with van der Waals surface area (Å²) >= 11 is 0. The highest BCUT2D eigenvalue weighted by molar-refractivity contribution is 7.48. The van der Waals surface area contributed by atoms with Gasteiger partial charge in [-0.1, -0.05) is 130 Å². The van der Waals surface area contributed by atoms with Crippen molar-refractivity contribution in [2.75, 3.05) is 39.4 Å². The number of phosphoric acid groups is 1. The molecular weight excluding hydrogens is 894 g/mol. The number of nitrogens with one attached hydrogen (secondary N) is 1. The van der Waals surface area contributed by atoms with Crippen molar-refractivity contribution in [2.24, 2.45) is 0 Å². The standard InChI is InChI=1S/C49H54N5O11PSi/c1-8-25-60-48(56)53-46-43-47(51-32-50-46)54(33-52-43)42-30-40(41(63-42)31-62-67(49(3,4)5,38-21-15-11-16-22-38)39-23-17-12-18-24-39)64-66(57,61-26-9-2)65-45(44(55)34-19-13-10-14-20-34)35-27-36(58-6)29-37(28-35)59-7/h8-24,27-29,32-33,40-42,45H,1-2,25-26,30-31H2,3-7H3,(H,50,51,53,56)/t40-,41+,42+,45?,66?/m0/s1. The van der Waals surface area contributed by atoms with E-state index in [1.54, 1.807) is 53.1 Å². The number of benzene rings is 4. The number of amides is 1. The summed E-state index contributed by atoms with van der Waals surface area (Å²) in [6.45, 7) is 13.5. The lowest BCUT2D eigenvalue weighted by molar-refractivity contribution is -0.0430. The Labute approximate surface area is 390 Å². The molecule has 0 aliphatic carbocycles. The predicted molar refractivity (Wildman–Crippen MR) is 255 cm³/mol. The fraction of sp³-hybridized carbons (Fsp3) is 0.286. The zero-order valence-corrected chi connectivity index (χ0v) is 39.9. The number of carbonyl (C=O) groups is 2. The number of ether oxygens (including phenoxy) is 4. The van der Waals surface area contributed by atoms with E-state index in [1.165, 1.54) is 39.0 Å². The number of nitrogens with zero attached hydrogens (tertiary/aromatic N) is 4. The van der Waals surface area contributed by atoms with Crippen molar-refractivity contribution in [1.29, 1.82) is 0 Å². The van der Waals surface area contributed by atoms with E-state index in [4.69, 9.17) is 36.9 Å². The van der Waals surface area contributed by atoms with Crippen molar-refractivity contribution >= 4 is 55.4 Å². The summed E-state index contributed by atoms with van der Waals surface area (Å²) in [5, 5.41) is 4.25. The molecule has 3 heterocycles. The molecule has 1 amide bonds. The third-order valence-electron chi connectivity index (χ3n) is 11.1. The van der Waals surface area contributed by atoms with Crippen LogP contribution in [0.2, 0.25) is 5.04 Å². The van der Waals surface area contributed by atoms with Gasteiger partial charge < -0.3 is 23.4 Å². The number of hydrogen-bond donors (Lipinski definition) is 1. The van der Waals surface area contributed by atoms with Gasteiger partial charge in [0.05, 0.1) is 33.8 Å². The van der Waals surface area contributed by atoms with Gasteiger partial charge in [0.15, 0.2) is 28.9 Å². The lowest BCUT2D eigenvalue weighted by atomic mass is 9.99. The Morgan fingerprint density at radius 1 is 0.881 bits per heavy atom. The number of phosphoric ester groups is 1. The lowest BCUT2D eigenvalue weighted by Crippen LogP contribution is -2.67. The van der Waals surface area contributed by atoms with Crippen LogP contribution in [0.3, 0.4) is 0 Å². The second-order valence-electron chi connectivity index (χ2n) is 16.4. The number of imidazole rings is 1. The highest BCUT2D eigenvalue weighted by atomic mass is 31.2. The maximum Gasteiger partial charge on any atom is 0.476 e. The van der Waals surface area contributed by atoms with E-state index in [2.05, 4.69) is 78.5 Å². The molecule has 0 saturated carbocycles. The van der Waals surface area contributed by atoms with Crippen LogP contribution in [0.25, 0.3) is 11.2 Å². The number of ketones is 1. The molecule has 5 atom stereocenters. The average molecular weight is 948 g/mol. The highest BCUT2D eigenvalue weighted by Crippen LogP contribution is 2.57. The molecule has 7 rings (SSSR count). The third kappa shape index (κ3) is 11.0. The quantitative estimate of drug-likeness (QED) is 0.0313. The number of rotatable bonds is 21. The van der Waals surface area contributed by atoms with Gasteiger partial charge in [0.2, 0.25) is 0 Å². The van der Waals surface area contributed by atoms with Gasteiger partial charge in [0.1, 0.15) is 42.9 Å². The minimum Gasteiger partial charge on any atom is -0.497 e. The minimum atomic E-state index is -4.78. The summed E-state index contributed by atoms with van der Waals surface area (Å²) in [6, 6.07) is 33.5. The van der Waals surface area contributed by atoms with E-state index in [1.807, 2.05) is 36.4 Å². The number of anilines is 1. The first-order valence-corrected chi connectivity index (χ1v) is 24.9. The van der Waals surface area contributed by atoms with Crippen LogP contribution in [0.15, 0.2) is 147 Å².